The molecule has 0 atom stereocenters. The third-order valence-corrected chi connectivity index (χ3v) is 13.2. The molecule has 0 aliphatic rings. The lowest BCUT2D eigenvalue weighted by molar-refractivity contribution is -0.137. The Morgan fingerprint density at radius 1 is 0.333 bits per heavy atom. The van der Waals surface area contributed by atoms with Gasteiger partial charge < -0.3 is 9.13 Å². The second kappa shape index (κ2) is 17.1. The van der Waals surface area contributed by atoms with Crippen molar-refractivity contribution in [2.75, 3.05) is 0 Å². The van der Waals surface area contributed by atoms with Gasteiger partial charge in [-0.1, -0.05) is 72.8 Å². The molecule has 0 saturated carbocycles. The molecule has 0 aliphatic carbocycles. The summed E-state index contributed by atoms with van der Waals surface area (Å²) >= 11 is 0. The lowest BCUT2D eigenvalue weighted by Crippen LogP contribution is -2.08. The highest BCUT2D eigenvalue weighted by atomic mass is 19.4. The van der Waals surface area contributed by atoms with E-state index in [-0.39, 0.29) is 22.3 Å². The Hall–Kier alpha value is -10.7. The Kier molecular flexibility index (Phi) is 10.4. The van der Waals surface area contributed by atoms with E-state index in [2.05, 4.69) is 30.3 Å². The summed E-state index contributed by atoms with van der Waals surface area (Å²) in [7, 11) is 0. The smallest absolute Gasteiger partial charge is 0.309 e. The molecular formula is C61H29F3N8. The number of aromatic nitrogens is 2. The van der Waals surface area contributed by atoms with Crippen LogP contribution in [0.3, 0.4) is 0 Å². The first-order chi connectivity index (χ1) is 35.0. The minimum atomic E-state index is -4.86. The first kappa shape index (κ1) is 43.9. The van der Waals surface area contributed by atoms with E-state index in [0.717, 1.165) is 60.8 Å². The van der Waals surface area contributed by atoms with Gasteiger partial charge in [0.15, 0.2) is 0 Å². The van der Waals surface area contributed by atoms with Gasteiger partial charge in [-0.05, 0) is 142 Å². The Morgan fingerprint density at radius 3 is 1.33 bits per heavy atom. The standard InChI is InChI=1S/C61H29F3N8/c62-61(63,64)55-26-39(33-68)11-18-48(55)47-19-15-44(71-56-7-3-1-5-49(56)53-27-40(13-21-58(53)71)45-16-9-36(30-65)23-42(45)34-69)29-51(47)52-25-38(32-67)12-20-59(52)72-57-8-4-2-6-50(57)54-28-41(14-22-60(54)72)46-17-10-37(31-66)24-43(46)35-70/h1-29H. The molecule has 0 spiro atoms. The summed E-state index contributed by atoms with van der Waals surface area (Å²) in [5, 5.41) is 62.9. The van der Waals surface area contributed by atoms with Gasteiger partial charge >= 0.3 is 6.18 Å². The normalized spacial score (nSPS) is 11.2. The van der Waals surface area contributed by atoms with Gasteiger partial charge in [-0.2, -0.15) is 44.7 Å². The Labute approximate surface area is 409 Å². The van der Waals surface area contributed by atoms with Gasteiger partial charge in [-0.15, -0.1) is 0 Å². The third-order valence-electron chi connectivity index (χ3n) is 13.2. The number of nitrogens with zero attached hydrogens (tertiary/aromatic N) is 8. The number of halogens is 3. The van der Waals surface area contributed by atoms with Crippen LogP contribution in [-0.4, -0.2) is 9.13 Å². The third kappa shape index (κ3) is 7.12. The highest BCUT2D eigenvalue weighted by molar-refractivity contribution is 6.12. The van der Waals surface area contributed by atoms with Crippen molar-refractivity contribution in [2.24, 2.45) is 0 Å². The molecule has 2 heterocycles. The predicted molar refractivity (Wildman–Crippen MR) is 270 cm³/mol. The van der Waals surface area contributed by atoms with Gasteiger partial charge in [0.1, 0.15) is 0 Å². The Morgan fingerprint density at radius 2 is 0.792 bits per heavy atom. The molecule has 11 aromatic rings. The first-order valence-corrected chi connectivity index (χ1v) is 22.3. The summed E-state index contributed by atoms with van der Waals surface area (Å²) in [5.41, 5.74) is 8.37. The predicted octanol–water partition coefficient (Wildman–Crippen LogP) is 14.8. The SMILES string of the molecule is N#Cc1ccc(-c2ccc3c(c2)c2ccccc2n3-c2ccc(-c3ccc(C#N)cc3C(F)(F)F)c(-c3cc(C#N)ccc3-n3c4ccccc4c4cc(-c5ccc(C#N)cc5C#N)ccc43)c2)c(C#N)c1. The van der Waals surface area contributed by atoms with Crippen molar-refractivity contribution in [1.29, 1.82) is 31.6 Å². The van der Waals surface area contributed by atoms with Crippen LogP contribution in [0.2, 0.25) is 0 Å². The zero-order chi connectivity index (χ0) is 49.8. The molecule has 8 nitrogen and oxygen atoms in total. The fourth-order valence-electron chi connectivity index (χ4n) is 9.96. The molecular weight excluding hydrogens is 902 g/mol. The fourth-order valence-corrected chi connectivity index (χ4v) is 9.96. The van der Waals surface area contributed by atoms with Crippen molar-refractivity contribution in [1.82, 2.24) is 9.13 Å². The van der Waals surface area contributed by atoms with E-state index in [1.807, 2.05) is 106 Å². The van der Waals surface area contributed by atoms with Crippen molar-refractivity contribution in [3.63, 3.8) is 0 Å². The van der Waals surface area contributed by atoms with Crippen molar-refractivity contribution >= 4 is 43.6 Å². The molecule has 0 bridgehead atoms. The Balaban J connectivity index is 1.20. The molecule has 0 amide bonds. The van der Waals surface area contributed by atoms with Gasteiger partial charge in [0.25, 0.3) is 0 Å². The maximum Gasteiger partial charge on any atom is 0.417 e. The number of benzene rings is 9. The molecule has 11 heteroatoms. The number of para-hydroxylation sites is 2. The average molecular weight is 931 g/mol. The van der Waals surface area contributed by atoms with Gasteiger partial charge in [-0.25, -0.2) is 0 Å². The van der Waals surface area contributed by atoms with Crippen LogP contribution in [0.25, 0.3) is 99.5 Å². The van der Waals surface area contributed by atoms with Gasteiger partial charge in [-0.3, -0.25) is 0 Å². The molecule has 0 fully saturated rings. The summed E-state index contributed by atoms with van der Waals surface area (Å²) in [6.07, 6.45) is -4.86. The van der Waals surface area contributed by atoms with Crippen LogP contribution in [0.4, 0.5) is 13.2 Å². The molecule has 0 aliphatic heterocycles. The van der Waals surface area contributed by atoms with Crippen LogP contribution in [0.1, 0.15) is 38.9 Å². The van der Waals surface area contributed by atoms with E-state index in [4.69, 9.17) is 0 Å². The topological polar surface area (TPSA) is 153 Å². The molecule has 0 N–H and O–H groups in total. The fraction of sp³-hybridized carbons (Fsp3) is 0.0164. The van der Waals surface area contributed by atoms with E-state index in [1.54, 1.807) is 66.7 Å². The zero-order valence-electron chi connectivity index (χ0n) is 37.5. The summed E-state index contributed by atoms with van der Waals surface area (Å²) in [4.78, 5) is 0. The number of fused-ring (bicyclic) bond motifs is 6. The lowest BCUT2D eigenvalue weighted by Gasteiger charge is -2.21. The van der Waals surface area contributed by atoms with Crippen LogP contribution in [0.15, 0.2) is 176 Å². The van der Waals surface area contributed by atoms with E-state index >= 15 is 13.2 Å². The molecule has 2 aromatic heterocycles. The number of hydrogen-bond donors (Lipinski definition) is 0. The number of rotatable bonds is 6. The molecule has 334 valence electrons. The van der Waals surface area contributed by atoms with E-state index in [0.29, 0.717) is 55.9 Å². The monoisotopic (exact) mass is 930 g/mol. The first-order valence-electron chi connectivity index (χ1n) is 22.3. The maximum atomic E-state index is 15.3. The van der Waals surface area contributed by atoms with Crippen LogP contribution < -0.4 is 0 Å². The zero-order valence-corrected chi connectivity index (χ0v) is 37.5. The number of alkyl halides is 3. The second-order valence-corrected chi connectivity index (χ2v) is 17.1. The molecule has 72 heavy (non-hydrogen) atoms. The maximum absolute atomic E-state index is 15.3. The van der Waals surface area contributed by atoms with Gasteiger partial charge in [0, 0.05) is 32.8 Å². The largest absolute Gasteiger partial charge is 0.417 e. The van der Waals surface area contributed by atoms with Crippen molar-refractivity contribution in [2.45, 2.75) is 6.18 Å². The highest BCUT2D eigenvalue weighted by Gasteiger charge is 2.35. The van der Waals surface area contributed by atoms with Crippen LogP contribution in [0, 0.1) is 68.0 Å². The minimum Gasteiger partial charge on any atom is -0.309 e. The van der Waals surface area contributed by atoms with Crippen molar-refractivity contribution < 1.29 is 13.2 Å². The average Bonchev–Trinajstić information content (AvgIpc) is 3.93. The van der Waals surface area contributed by atoms with E-state index in [9.17, 15) is 31.6 Å². The van der Waals surface area contributed by atoms with Crippen molar-refractivity contribution in [3.05, 3.63) is 215 Å². The lowest BCUT2D eigenvalue weighted by atomic mass is 9.89. The number of hydrogen-bond acceptors (Lipinski definition) is 6. The quantitative estimate of drug-likeness (QED) is 0.162. The summed E-state index contributed by atoms with van der Waals surface area (Å²) in [5.74, 6) is 0. The summed E-state index contributed by atoms with van der Waals surface area (Å²) in [6.45, 7) is 0. The molecule has 0 radical (unpaired) electrons. The molecule has 0 unspecified atom stereocenters. The van der Waals surface area contributed by atoms with E-state index in [1.165, 1.54) is 12.1 Å². The van der Waals surface area contributed by atoms with Gasteiger partial charge in [0.2, 0.25) is 0 Å². The second-order valence-electron chi connectivity index (χ2n) is 17.1. The van der Waals surface area contributed by atoms with Crippen LogP contribution >= 0.6 is 0 Å². The van der Waals surface area contributed by atoms with Crippen LogP contribution in [0.5, 0.6) is 0 Å². The summed E-state index contributed by atoms with van der Waals surface area (Å²) in [6, 6.07) is 63.7. The van der Waals surface area contributed by atoms with Crippen molar-refractivity contribution in [3.8, 4) is 92.3 Å². The molecule has 9 aromatic carbocycles. The highest BCUT2D eigenvalue weighted by Crippen LogP contribution is 2.46. The molecule has 0 saturated heterocycles. The number of nitriles is 6. The van der Waals surface area contributed by atoms with Gasteiger partial charge in [0.05, 0.1) is 103 Å². The van der Waals surface area contributed by atoms with Crippen LogP contribution in [-0.2, 0) is 6.18 Å². The van der Waals surface area contributed by atoms with E-state index < -0.39 is 11.7 Å². The minimum absolute atomic E-state index is 0.156. The molecule has 11 rings (SSSR count). The Bertz CT molecular complexity index is 4420. The summed E-state index contributed by atoms with van der Waals surface area (Å²) < 4.78 is 49.8.